The molecule has 0 saturated carbocycles. The van der Waals surface area contributed by atoms with Gasteiger partial charge in [0.15, 0.2) is 6.20 Å². The number of rotatable bonds is 4. The van der Waals surface area contributed by atoms with Gasteiger partial charge in [-0.25, -0.2) is 0 Å². The van der Waals surface area contributed by atoms with Crippen molar-refractivity contribution in [2.45, 2.75) is 31.2 Å². The highest BCUT2D eigenvalue weighted by atomic mass is 32.2. The minimum Gasteiger partial charge on any atom is -0.618 e. The van der Waals surface area contributed by atoms with Crippen molar-refractivity contribution in [1.29, 1.82) is 0 Å². The number of aromatic nitrogens is 3. The number of nitrogens with one attached hydrogen (secondary N) is 1. The molecule has 0 radical (unpaired) electrons. The van der Waals surface area contributed by atoms with E-state index < -0.39 is 0 Å². The molecule has 0 saturated heterocycles. The van der Waals surface area contributed by atoms with E-state index in [9.17, 15) is 10.0 Å². The van der Waals surface area contributed by atoms with E-state index in [1.54, 1.807) is 29.9 Å². The maximum atomic E-state index is 12.0. The Labute approximate surface area is 134 Å². The fourth-order valence-electron chi connectivity index (χ4n) is 1.79. The zero-order valence-corrected chi connectivity index (χ0v) is 14.0. The van der Waals surface area contributed by atoms with Crippen LogP contribution in [0.15, 0.2) is 35.5 Å². The van der Waals surface area contributed by atoms with E-state index in [-0.39, 0.29) is 17.1 Å². The van der Waals surface area contributed by atoms with Crippen molar-refractivity contribution in [2.75, 3.05) is 11.1 Å². The summed E-state index contributed by atoms with van der Waals surface area (Å²) in [6, 6.07) is 6.98. The molecule has 2 aromatic rings. The van der Waals surface area contributed by atoms with Gasteiger partial charge in [-0.2, -0.15) is 9.83 Å². The molecule has 0 unspecified atom stereocenters. The summed E-state index contributed by atoms with van der Waals surface area (Å²) in [5.41, 5.74) is 0.839. The summed E-state index contributed by atoms with van der Waals surface area (Å²) in [5, 5.41) is 19.2. The van der Waals surface area contributed by atoms with Gasteiger partial charge in [-0.1, -0.05) is 20.8 Å². The summed E-state index contributed by atoms with van der Waals surface area (Å²) in [6.45, 7) is 6.21. The highest BCUT2D eigenvalue weighted by Crippen LogP contribution is 2.23. The predicted molar refractivity (Wildman–Crippen MR) is 86.7 cm³/mol. The Balaban J connectivity index is 1.98. The van der Waals surface area contributed by atoms with Gasteiger partial charge in [-0.15, -0.1) is 0 Å². The predicted octanol–water partition coefficient (Wildman–Crippen LogP) is 2.08. The monoisotopic (exact) mass is 320 g/mol. The van der Waals surface area contributed by atoms with Crippen LogP contribution in [0.5, 0.6) is 0 Å². The molecule has 2 aromatic heterocycles. The van der Waals surface area contributed by atoms with Crippen molar-refractivity contribution in [1.82, 2.24) is 9.78 Å². The smallest absolute Gasteiger partial charge is 0.251 e. The van der Waals surface area contributed by atoms with Crippen LogP contribution in [0.1, 0.15) is 26.5 Å². The summed E-state index contributed by atoms with van der Waals surface area (Å²) in [5.74, 6) is 0.651. The van der Waals surface area contributed by atoms with Crippen LogP contribution >= 0.6 is 11.8 Å². The second-order valence-electron chi connectivity index (χ2n) is 5.99. The number of amides is 1. The van der Waals surface area contributed by atoms with Gasteiger partial charge >= 0.3 is 0 Å². The van der Waals surface area contributed by atoms with Crippen LogP contribution in [0.3, 0.4) is 0 Å². The fraction of sp³-hybridized carbons (Fsp3) is 0.400. The minimum atomic E-state index is -0.169. The van der Waals surface area contributed by atoms with Gasteiger partial charge in [0.1, 0.15) is 5.82 Å². The first-order valence-corrected chi connectivity index (χ1v) is 7.91. The van der Waals surface area contributed by atoms with Gasteiger partial charge in [0.05, 0.1) is 11.4 Å². The van der Waals surface area contributed by atoms with Gasteiger partial charge in [-0.3, -0.25) is 9.48 Å². The normalized spacial score (nSPS) is 11.5. The van der Waals surface area contributed by atoms with Crippen molar-refractivity contribution < 1.29 is 9.52 Å². The van der Waals surface area contributed by atoms with Gasteiger partial charge in [0, 0.05) is 30.7 Å². The van der Waals surface area contributed by atoms with E-state index in [0.717, 1.165) is 10.4 Å². The number of aryl methyl sites for hydroxylation is 1. The summed E-state index contributed by atoms with van der Waals surface area (Å²) in [6.07, 6.45) is 1.41. The highest BCUT2D eigenvalue weighted by molar-refractivity contribution is 7.99. The standard InChI is InChI=1S/C15H20N4O2S/c1-15(2,3)11-9-12(18(4)17-11)16-13(20)10-22-14-7-5-6-8-19(14)21/h5-9H,10H2,1-4H3,(H,16,20). The van der Waals surface area contributed by atoms with E-state index in [1.807, 2.05) is 6.07 Å². The Hall–Kier alpha value is -2.02. The summed E-state index contributed by atoms with van der Waals surface area (Å²) >= 11 is 1.20. The molecule has 22 heavy (non-hydrogen) atoms. The van der Waals surface area contributed by atoms with Crippen LogP contribution in [0, 0.1) is 5.21 Å². The largest absolute Gasteiger partial charge is 0.618 e. The molecule has 6 nitrogen and oxygen atoms in total. The van der Waals surface area contributed by atoms with Crippen LogP contribution in [0.4, 0.5) is 5.82 Å². The lowest BCUT2D eigenvalue weighted by Gasteiger charge is -2.13. The van der Waals surface area contributed by atoms with Crippen molar-refractivity contribution in [2.24, 2.45) is 7.05 Å². The number of hydrogen-bond donors (Lipinski definition) is 1. The Morgan fingerprint density at radius 3 is 2.77 bits per heavy atom. The number of thioether (sulfide) groups is 1. The Morgan fingerprint density at radius 2 is 2.18 bits per heavy atom. The third-order valence-corrected chi connectivity index (χ3v) is 4.07. The summed E-state index contributed by atoms with van der Waals surface area (Å²) in [4.78, 5) is 12.0. The maximum absolute atomic E-state index is 12.0. The fourth-order valence-corrected chi connectivity index (χ4v) is 2.51. The second kappa shape index (κ2) is 6.39. The van der Waals surface area contributed by atoms with Crippen molar-refractivity contribution in [3.63, 3.8) is 0 Å². The van der Waals surface area contributed by atoms with E-state index in [1.165, 1.54) is 18.0 Å². The van der Waals surface area contributed by atoms with Crippen LogP contribution in [-0.2, 0) is 17.3 Å². The molecule has 1 N–H and O–H groups in total. The quantitative estimate of drug-likeness (QED) is 0.532. The van der Waals surface area contributed by atoms with Gasteiger partial charge < -0.3 is 10.5 Å². The lowest BCUT2D eigenvalue weighted by molar-refractivity contribution is -0.645. The minimum absolute atomic E-state index is 0.0758. The lowest BCUT2D eigenvalue weighted by Crippen LogP contribution is -2.28. The molecular formula is C15H20N4O2S. The van der Waals surface area contributed by atoms with Gasteiger partial charge in [-0.05, 0) is 17.8 Å². The van der Waals surface area contributed by atoms with Gasteiger partial charge in [0.2, 0.25) is 5.91 Å². The molecule has 7 heteroatoms. The van der Waals surface area contributed by atoms with Crippen LogP contribution in [0.25, 0.3) is 0 Å². The highest BCUT2D eigenvalue weighted by Gasteiger charge is 2.19. The molecule has 0 aromatic carbocycles. The Morgan fingerprint density at radius 1 is 1.45 bits per heavy atom. The first kappa shape index (κ1) is 16.4. The van der Waals surface area contributed by atoms with Gasteiger partial charge in [0.25, 0.3) is 5.03 Å². The molecule has 2 rings (SSSR count). The molecule has 0 aliphatic heterocycles. The van der Waals surface area contributed by atoms with Crippen LogP contribution in [-0.4, -0.2) is 21.4 Å². The zero-order valence-electron chi connectivity index (χ0n) is 13.2. The average molecular weight is 320 g/mol. The lowest BCUT2D eigenvalue weighted by atomic mass is 9.92. The number of anilines is 1. The van der Waals surface area contributed by atoms with Crippen molar-refractivity contribution >= 4 is 23.5 Å². The maximum Gasteiger partial charge on any atom is 0.251 e. The van der Waals surface area contributed by atoms with E-state index in [0.29, 0.717) is 10.8 Å². The SMILES string of the molecule is Cn1nc(C(C)(C)C)cc1NC(=O)CSc1cccc[n+]1[O-]. The molecule has 2 heterocycles. The Kier molecular flexibility index (Phi) is 4.75. The van der Waals surface area contributed by atoms with Crippen LogP contribution < -0.4 is 10.0 Å². The first-order valence-electron chi connectivity index (χ1n) is 6.93. The number of hydrogen-bond acceptors (Lipinski definition) is 4. The third kappa shape index (κ3) is 4.00. The number of pyridine rings is 1. The Bertz CT molecular complexity index is 676. The second-order valence-corrected chi connectivity index (χ2v) is 6.99. The molecule has 0 aliphatic rings. The van der Waals surface area contributed by atoms with Crippen LogP contribution in [0.2, 0.25) is 0 Å². The molecule has 0 spiro atoms. The molecule has 0 bridgehead atoms. The van der Waals surface area contributed by atoms with E-state index in [2.05, 4.69) is 31.2 Å². The molecule has 0 aliphatic carbocycles. The molecule has 118 valence electrons. The number of carbonyl (C=O) groups excluding carboxylic acids is 1. The molecule has 0 atom stereocenters. The zero-order chi connectivity index (χ0) is 16.3. The summed E-state index contributed by atoms with van der Waals surface area (Å²) in [7, 11) is 1.79. The van der Waals surface area contributed by atoms with E-state index >= 15 is 0 Å². The van der Waals surface area contributed by atoms with E-state index in [4.69, 9.17) is 0 Å². The third-order valence-electron chi connectivity index (χ3n) is 3.06. The number of carbonyl (C=O) groups is 1. The summed E-state index contributed by atoms with van der Waals surface area (Å²) < 4.78 is 2.40. The number of nitrogens with zero attached hydrogens (tertiary/aromatic N) is 3. The first-order chi connectivity index (χ1) is 10.3. The topological polar surface area (TPSA) is 73.9 Å². The molecular weight excluding hydrogens is 300 g/mol. The van der Waals surface area contributed by atoms with Crippen molar-refractivity contribution in [3.05, 3.63) is 41.4 Å². The average Bonchev–Trinajstić information content (AvgIpc) is 2.79. The van der Waals surface area contributed by atoms with Crippen molar-refractivity contribution in [3.8, 4) is 0 Å². The molecule has 1 amide bonds. The molecule has 0 fully saturated rings.